The van der Waals surface area contributed by atoms with Crippen molar-refractivity contribution < 1.29 is 17.2 Å². The second-order valence-corrected chi connectivity index (χ2v) is 9.70. The normalized spacial score (nSPS) is 11.8. The Balaban J connectivity index is 1.71. The standard InChI is InChI=1S/C23H21F2N5O3S/c1-13(2)30-21-16(11-27-23(26)28-21)9-17(22(30)31)14-7-8-20(19(25)10-14)29-34(32,33)12-15-5-3-4-6-18(15)24/h3-11,13,29H,12H2,1-2H3,(H2,26,27,28). The van der Waals surface area contributed by atoms with Gasteiger partial charge >= 0.3 is 0 Å². The number of nitrogens with one attached hydrogen (secondary N) is 1. The summed E-state index contributed by atoms with van der Waals surface area (Å²) in [4.78, 5) is 21.3. The summed E-state index contributed by atoms with van der Waals surface area (Å²) >= 11 is 0. The summed E-state index contributed by atoms with van der Waals surface area (Å²) in [5.74, 6) is -2.20. The average Bonchev–Trinajstić information content (AvgIpc) is 2.76. The summed E-state index contributed by atoms with van der Waals surface area (Å²) in [5.41, 5.74) is 5.69. The van der Waals surface area contributed by atoms with Crippen LogP contribution in [0.25, 0.3) is 22.2 Å². The fraction of sp³-hybridized carbons (Fsp3) is 0.174. The Morgan fingerprint density at radius 3 is 2.50 bits per heavy atom. The molecule has 0 amide bonds. The van der Waals surface area contributed by atoms with Gasteiger partial charge in [0, 0.05) is 28.8 Å². The molecular formula is C23H21F2N5O3S. The molecule has 176 valence electrons. The zero-order valence-electron chi connectivity index (χ0n) is 18.3. The lowest BCUT2D eigenvalue weighted by molar-refractivity contribution is 0.589. The van der Waals surface area contributed by atoms with Gasteiger partial charge in [0.15, 0.2) is 0 Å². The molecule has 8 nitrogen and oxygen atoms in total. The predicted octanol–water partition coefficient (Wildman–Crippen LogP) is 3.84. The topological polar surface area (TPSA) is 120 Å². The van der Waals surface area contributed by atoms with Crippen molar-refractivity contribution in [2.24, 2.45) is 0 Å². The van der Waals surface area contributed by atoms with E-state index in [9.17, 15) is 22.0 Å². The number of rotatable bonds is 6. The number of fused-ring (bicyclic) bond motifs is 1. The lowest BCUT2D eigenvalue weighted by Crippen LogP contribution is -2.25. The van der Waals surface area contributed by atoms with E-state index in [-0.39, 0.29) is 34.4 Å². The van der Waals surface area contributed by atoms with Crippen LogP contribution in [0.3, 0.4) is 0 Å². The van der Waals surface area contributed by atoms with Gasteiger partial charge in [-0.1, -0.05) is 24.3 Å². The van der Waals surface area contributed by atoms with E-state index in [0.717, 1.165) is 12.1 Å². The number of nitrogen functional groups attached to an aromatic ring is 1. The Morgan fingerprint density at radius 2 is 1.82 bits per heavy atom. The zero-order chi connectivity index (χ0) is 24.6. The highest BCUT2D eigenvalue weighted by Gasteiger charge is 2.19. The molecule has 0 radical (unpaired) electrons. The number of hydrogen-bond donors (Lipinski definition) is 2. The Labute approximate surface area is 194 Å². The van der Waals surface area contributed by atoms with E-state index in [1.165, 1.54) is 47.2 Å². The van der Waals surface area contributed by atoms with Crippen LogP contribution in [0.2, 0.25) is 0 Å². The number of aromatic nitrogens is 3. The molecule has 2 heterocycles. The summed E-state index contributed by atoms with van der Waals surface area (Å²) in [6.45, 7) is 3.61. The van der Waals surface area contributed by atoms with Crippen LogP contribution in [0.4, 0.5) is 20.4 Å². The molecule has 0 spiro atoms. The molecule has 0 atom stereocenters. The van der Waals surface area contributed by atoms with Crippen LogP contribution < -0.4 is 16.0 Å². The van der Waals surface area contributed by atoms with Crippen LogP contribution in [-0.2, 0) is 15.8 Å². The van der Waals surface area contributed by atoms with E-state index in [1.807, 2.05) is 0 Å². The van der Waals surface area contributed by atoms with Crippen LogP contribution in [0.15, 0.2) is 59.5 Å². The number of nitrogens with two attached hydrogens (primary N) is 1. The van der Waals surface area contributed by atoms with Crippen molar-refractivity contribution in [3.8, 4) is 11.1 Å². The molecule has 34 heavy (non-hydrogen) atoms. The van der Waals surface area contributed by atoms with E-state index in [0.29, 0.717) is 11.0 Å². The summed E-state index contributed by atoms with van der Waals surface area (Å²) in [6.07, 6.45) is 1.47. The largest absolute Gasteiger partial charge is 0.368 e. The highest BCUT2D eigenvalue weighted by Crippen LogP contribution is 2.26. The lowest BCUT2D eigenvalue weighted by Gasteiger charge is -2.16. The number of nitrogens with zero attached hydrogens (tertiary/aromatic N) is 3. The van der Waals surface area contributed by atoms with Gasteiger partial charge in [-0.05, 0) is 43.7 Å². The maximum atomic E-state index is 14.9. The van der Waals surface area contributed by atoms with Gasteiger partial charge in [-0.15, -0.1) is 0 Å². The SMILES string of the molecule is CC(C)n1c(=O)c(-c2ccc(NS(=O)(=O)Cc3ccccc3F)c(F)c2)cc2cnc(N)nc21. The lowest BCUT2D eigenvalue weighted by atomic mass is 10.0. The first-order chi connectivity index (χ1) is 16.1. The van der Waals surface area contributed by atoms with Gasteiger partial charge in [0.05, 0.1) is 11.4 Å². The molecule has 3 N–H and O–H groups in total. The molecule has 0 bridgehead atoms. The first-order valence-electron chi connectivity index (χ1n) is 10.3. The van der Waals surface area contributed by atoms with E-state index in [4.69, 9.17) is 5.73 Å². The Bertz CT molecular complexity index is 1570. The van der Waals surface area contributed by atoms with Crippen LogP contribution >= 0.6 is 0 Å². The molecule has 11 heteroatoms. The van der Waals surface area contributed by atoms with Crippen LogP contribution in [0.1, 0.15) is 25.5 Å². The van der Waals surface area contributed by atoms with Gasteiger partial charge in [-0.25, -0.2) is 22.2 Å². The highest BCUT2D eigenvalue weighted by molar-refractivity contribution is 7.91. The van der Waals surface area contributed by atoms with Crippen molar-refractivity contribution in [1.29, 1.82) is 0 Å². The summed E-state index contributed by atoms with van der Waals surface area (Å²) in [6, 6.07) is 10.4. The first-order valence-corrected chi connectivity index (χ1v) is 11.9. The molecule has 2 aromatic carbocycles. The van der Waals surface area contributed by atoms with Crippen LogP contribution in [0, 0.1) is 11.6 Å². The fourth-order valence-corrected chi connectivity index (χ4v) is 4.82. The number of anilines is 2. The number of pyridine rings is 1. The van der Waals surface area contributed by atoms with E-state index in [1.54, 1.807) is 13.8 Å². The maximum absolute atomic E-state index is 14.9. The van der Waals surface area contributed by atoms with Gasteiger partial charge in [0.2, 0.25) is 16.0 Å². The third-order valence-corrected chi connectivity index (χ3v) is 6.38. The van der Waals surface area contributed by atoms with Crippen molar-refractivity contribution >= 4 is 32.7 Å². The molecule has 0 aliphatic rings. The maximum Gasteiger partial charge on any atom is 0.260 e. The fourth-order valence-electron chi connectivity index (χ4n) is 3.61. The number of sulfonamides is 1. The zero-order valence-corrected chi connectivity index (χ0v) is 19.1. The molecule has 0 aliphatic carbocycles. The average molecular weight is 486 g/mol. The predicted molar refractivity (Wildman–Crippen MR) is 127 cm³/mol. The minimum atomic E-state index is -4.09. The minimum Gasteiger partial charge on any atom is -0.368 e. The molecule has 0 saturated carbocycles. The minimum absolute atomic E-state index is 0.0205. The number of benzene rings is 2. The molecule has 2 aromatic heterocycles. The van der Waals surface area contributed by atoms with Crippen LogP contribution in [0.5, 0.6) is 0 Å². The summed E-state index contributed by atoms with van der Waals surface area (Å²) < 4.78 is 57.2. The smallest absolute Gasteiger partial charge is 0.260 e. The molecule has 4 aromatic rings. The third-order valence-electron chi connectivity index (χ3n) is 5.16. The molecule has 0 unspecified atom stereocenters. The van der Waals surface area contributed by atoms with Crippen molar-refractivity contribution in [3.05, 3.63) is 82.3 Å². The summed E-state index contributed by atoms with van der Waals surface area (Å²) in [7, 11) is -4.09. The number of hydrogen-bond acceptors (Lipinski definition) is 6. The highest BCUT2D eigenvalue weighted by atomic mass is 32.2. The molecular weight excluding hydrogens is 464 g/mol. The van der Waals surface area contributed by atoms with E-state index in [2.05, 4.69) is 14.7 Å². The van der Waals surface area contributed by atoms with Gasteiger partial charge in [0.1, 0.15) is 17.3 Å². The monoisotopic (exact) mass is 485 g/mol. The second-order valence-electron chi connectivity index (χ2n) is 7.98. The van der Waals surface area contributed by atoms with Gasteiger partial charge in [-0.3, -0.25) is 14.1 Å². The van der Waals surface area contributed by atoms with Crippen molar-refractivity contribution in [2.45, 2.75) is 25.6 Å². The van der Waals surface area contributed by atoms with Gasteiger partial charge in [-0.2, -0.15) is 4.98 Å². The molecule has 0 saturated heterocycles. The first kappa shape index (κ1) is 23.3. The quantitative estimate of drug-likeness (QED) is 0.428. The van der Waals surface area contributed by atoms with Gasteiger partial charge in [0.25, 0.3) is 5.56 Å². The van der Waals surface area contributed by atoms with E-state index >= 15 is 0 Å². The third kappa shape index (κ3) is 4.60. The summed E-state index contributed by atoms with van der Waals surface area (Å²) in [5, 5.41) is 0.535. The van der Waals surface area contributed by atoms with Crippen LogP contribution in [-0.4, -0.2) is 23.0 Å². The van der Waals surface area contributed by atoms with Crippen molar-refractivity contribution in [3.63, 3.8) is 0 Å². The molecule has 0 aliphatic heterocycles. The van der Waals surface area contributed by atoms with E-state index < -0.39 is 33.0 Å². The van der Waals surface area contributed by atoms with Gasteiger partial charge < -0.3 is 5.73 Å². The van der Waals surface area contributed by atoms with Crippen molar-refractivity contribution in [1.82, 2.24) is 14.5 Å². The van der Waals surface area contributed by atoms with Crippen molar-refractivity contribution in [2.75, 3.05) is 10.5 Å². The Morgan fingerprint density at radius 1 is 1.09 bits per heavy atom. The molecule has 0 fully saturated rings. The number of halogens is 2. The Hall–Kier alpha value is -3.86. The second kappa shape index (κ2) is 8.82. The molecule has 4 rings (SSSR count). The Kier molecular flexibility index (Phi) is 6.05.